The summed E-state index contributed by atoms with van der Waals surface area (Å²) in [4.78, 5) is 0. The van der Waals surface area contributed by atoms with Crippen molar-refractivity contribution < 1.29 is 0 Å². The number of rotatable bonds is 6. The van der Waals surface area contributed by atoms with Crippen molar-refractivity contribution in [2.24, 2.45) is 5.41 Å². The summed E-state index contributed by atoms with van der Waals surface area (Å²) in [6.07, 6.45) is 9.74. The van der Waals surface area contributed by atoms with E-state index < -0.39 is 0 Å². The van der Waals surface area contributed by atoms with Gasteiger partial charge in [0.1, 0.15) is 0 Å². The highest BCUT2D eigenvalue weighted by molar-refractivity contribution is 9.09. The van der Waals surface area contributed by atoms with Gasteiger partial charge >= 0.3 is 0 Å². The molecule has 0 radical (unpaired) electrons. The molecule has 0 amide bonds. The molecule has 1 aliphatic rings. The van der Waals surface area contributed by atoms with Crippen LogP contribution in [0.2, 0.25) is 0 Å². The highest BCUT2D eigenvalue weighted by Crippen LogP contribution is 2.44. The van der Waals surface area contributed by atoms with Gasteiger partial charge < -0.3 is 0 Å². The lowest BCUT2D eigenvalue weighted by Crippen LogP contribution is -2.33. The van der Waals surface area contributed by atoms with Crippen LogP contribution in [0.15, 0.2) is 12.3 Å². The van der Waals surface area contributed by atoms with Crippen molar-refractivity contribution in [3.63, 3.8) is 0 Å². The Morgan fingerprint density at radius 3 is 2.59 bits per heavy atom. The number of halogens is 1. The van der Waals surface area contributed by atoms with Gasteiger partial charge in [-0.05, 0) is 43.6 Å². The van der Waals surface area contributed by atoms with E-state index in [4.69, 9.17) is 5.10 Å². The molecule has 3 heteroatoms. The van der Waals surface area contributed by atoms with Crippen LogP contribution in [0.1, 0.15) is 57.7 Å². The van der Waals surface area contributed by atoms with Crippen LogP contribution in [0.3, 0.4) is 0 Å². The van der Waals surface area contributed by atoms with Crippen molar-refractivity contribution in [3.8, 4) is 0 Å². The molecule has 0 unspecified atom stereocenters. The van der Waals surface area contributed by atoms with Gasteiger partial charge in [0.25, 0.3) is 0 Å². The lowest BCUT2D eigenvalue weighted by molar-refractivity contribution is 0.167. The molecule has 1 fully saturated rings. The van der Waals surface area contributed by atoms with Crippen LogP contribution < -0.4 is 0 Å². The summed E-state index contributed by atoms with van der Waals surface area (Å²) >= 11 is 3.67. The minimum absolute atomic E-state index is 0.507. The normalized spacial score (nSPS) is 18.4. The Bertz CT molecular complexity index is 345. The zero-order chi connectivity index (χ0) is 12.3. The van der Waals surface area contributed by atoms with E-state index >= 15 is 0 Å². The van der Waals surface area contributed by atoms with Crippen LogP contribution in [0.25, 0.3) is 0 Å². The maximum atomic E-state index is 4.76. The molecule has 0 aromatic carbocycles. The third-order valence-corrected chi connectivity index (χ3v) is 5.42. The standard InChI is InChI=1S/C14H23BrN2/c1-3-13(4-2)17-9-6-12(16-17)10-14(11-15)7-5-8-14/h6,9,13H,3-5,7-8,10-11H2,1-2H3. The maximum Gasteiger partial charge on any atom is 0.0630 e. The highest BCUT2D eigenvalue weighted by Gasteiger charge is 2.36. The molecule has 0 bridgehead atoms. The average Bonchev–Trinajstić information content (AvgIpc) is 2.74. The van der Waals surface area contributed by atoms with Crippen molar-refractivity contribution in [1.82, 2.24) is 9.78 Å². The van der Waals surface area contributed by atoms with Gasteiger partial charge in [0.15, 0.2) is 0 Å². The molecule has 0 saturated heterocycles. The Balaban J connectivity index is 2.03. The summed E-state index contributed by atoms with van der Waals surface area (Å²) < 4.78 is 2.16. The predicted octanol–water partition coefficient (Wildman–Crippen LogP) is 4.35. The van der Waals surface area contributed by atoms with E-state index in [-0.39, 0.29) is 0 Å². The topological polar surface area (TPSA) is 17.8 Å². The van der Waals surface area contributed by atoms with E-state index in [9.17, 15) is 0 Å². The zero-order valence-electron chi connectivity index (χ0n) is 11.0. The van der Waals surface area contributed by atoms with Crippen LogP contribution >= 0.6 is 15.9 Å². The first-order chi connectivity index (χ1) is 8.23. The Morgan fingerprint density at radius 1 is 1.41 bits per heavy atom. The second-order valence-electron chi connectivity index (χ2n) is 5.42. The second-order valence-corrected chi connectivity index (χ2v) is 5.98. The number of hydrogen-bond acceptors (Lipinski definition) is 1. The van der Waals surface area contributed by atoms with Crippen molar-refractivity contribution in [3.05, 3.63) is 18.0 Å². The molecule has 0 spiro atoms. The molecule has 0 aliphatic heterocycles. The van der Waals surface area contributed by atoms with Crippen molar-refractivity contribution in [2.75, 3.05) is 5.33 Å². The van der Waals surface area contributed by atoms with Crippen LogP contribution in [-0.4, -0.2) is 15.1 Å². The van der Waals surface area contributed by atoms with Crippen LogP contribution in [0.4, 0.5) is 0 Å². The first kappa shape index (κ1) is 13.1. The summed E-state index contributed by atoms with van der Waals surface area (Å²) in [6, 6.07) is 2.78. The molecular formula is C14H23BrN2. The molecule has 1 saturated carbocycles. The average molecular weight is 299 g/mol. The summed E-state index contributed by atoms with van der Waals surface area (Å²) in [5, 5.41) is 5.89. The fourth-order valence-corrected chi connectivity index (χ4v) is 3.52. The Hall–Kier alpha value is -0.310. The molecule has 1 aliphatic carbocycles. The van der Waals surface area contributed by atoms with E-state index in [0.29, 0.717) is 11.5 Å². The van der Waals surface area contributed by atoms with Crippen LogP contribution in [-0.2, 0) is 6.42 Å². The minimum atomic E-state index is 0.507. The summed E-state index contributed by atoms with van der Waals surface area (Å²) in [6.45, 7) is 4.48. The molecule has 1 aromatic rings. The van der Waals surface area contributed by atoms with E-state index in [0.717, 1.165) is 11.8 Å². The molecule has 2 rings (SSSR count). The van der Waals surface area contributed by atoms with Crippen LogP contribution in [0, 0.1) is 5.41 Å². The molecule has 2 nitrogen and oxygen atoms in total. The van der Waals surface area contributed by atoms with Gasteiger partial charge in [-0.15, -0.1) is 0 Å². The van der Waals surface area contributed by atoms with E-state index in [1.807, 2.05) is 0 Å². The highest BCUT2D eigenvalue weighted by atomic mass is 79.9. The molecule has 0 N–H and O–H groups in total. The zero-order valence-corrected chi connectivity index (χ0v) is 12.5. The molecule has 17 heavy (non-hydrogen) atoms. The summed E-state index contributed by atoms with van der Waals surface area (Å²) in [5.74, 6) is 0. The monoisotopic (exact) mass is 298 g/mol. The Kier molecular flexibility index (Phi) is 4.29. The Labute approximate surface area is 113 Å². The number of hydrogen-bond donors (Lipinski definition) is 0. The van der Waals surface area contributed by atoms with E-state index in [2.05, 4.69) is 46.7 Å². The van der Waals surface area contributed by atoms with Gasteiger partial charge in [0.05, 0.1) is 11.7 Å². The van der Waals surface area contributed by atoms with Gasteiger partial charge in [-0.1, -0.05) is 36.2 Å². The minimum Gasteiger partial charge on any atom is -0.269 e. The number of alkyl halides is 1. The van der Waals surface area contributed by atoms with Gasteiger partial charge in [-0.25, -0.2) is 0 Å². The SMILES string of the molecule is CCC(CC)n1ccc(CC2(CBr)CCC2)n1. The lowest BCUT2D eigenvalue weighted by atomic mass is 9.68. The van der Waals surface area contributed by atoms with E-state index in [1.165, 1.54) is 37.8 Å². The third kappa shape index (κ3) is 2.75. The first-order valence-corrected chi connectivity index (χ1v) is 7.95. The maximum absolute atomic E-state index is 4.76. The molecule has 0 atom stereocenters. The van der Waals surface area contributed by atoms with E-state index in [1.54, 1.807) is 0 Å². The quantitative estimate of drug-likeness (QED) is 0.714. The molecular weight excluding hydrogens is 276 g/mol. The molecule has 1 heterocycles. The smallest absolute Gasteiger partial charge is 0.0630 e. The Morgan fingerprint density at radius 2 is 2.12 bits per heavy atom. The predicted molar refractivity (Wildman–Crippen MR) is 75.6 cm³/mol. The third-order valence-electron chi connectivity index (χ3n) is 4.23. The van der Waals surface area contributed by atoms with Gasteiger partial charge in [-0.3, -0.25) is 4.68 Å². The van der Waals surface area contributed by atoms with Gasteiger partial charge in [0, 0.05) is 11.5 Å². The van der Waals surface area contributed by atoms with Crippen molar-refractivity contribution in [1.29, 1.82) is 0 Å². The fourth-order valence-electron chi connectivity index (χ4n) is 2.76. The number of nitrogens with zero attached hydrogens (tertiary/aromatic N) is 2. The molecule has 96 valence electrons. The van der Waals surface area contributed by atoms with Crippen LogP contribution in [0.5, 0.6) is 0 Å². The van der Waals surface area contributed by atoms with Crippen molar-refractivity contribution >= 4 is 15.9 Å². The van der Waals surface area contributed by atoms with Gasteiger partial charge in [-0.2, -0.15) is 5.10 Å². The summed E-state index contributed by atoms with van der Waals surface area (Å²) in [5.41, 5.74) is 1.78. The lowest BCUT2D eigenvalue weighted by Gasteiger charge is -2.40. The van der Waals surface area contributed by atoms with Crippen molar-refractivity contribution in [2.45, 2.75) is 58.4 Å². The number of aromatic nitrogens is 2. The largest absolute Gasteiger partial charge is 0.269 e. The summed E-state index contributed by atoms with van der Waals surface area (Å²) in [7, 11) is 0. The van der Waals surface area contributed by atoms with Gasteiger partial charge in [0.2, 0.25) is 0 Å². The fraction of sp³-hybridized carbons (Fsp3) is 0.786. The first-order valence-electron chi connectivity index (χ1n) is 6.83. The second kappa shape index (κ2) is 5.55. The molecule has 1 aromatic heterocycles.